The molecule has 16 heavy (non-hydrogen) atoms. The summed E-state index contributed by atoms with van der Waals surface area (Å²) in [5, 5.41) is 9.34. The van der Waals surface area contributed by atoms with E-state index in [4.69, 9.17) is 4.74 Å². The van der Waals surface area contributed by atoms with Gasteiger partial charge in [0.1, 0.15) is 5.54 Å². The molecule has 0 amide bonds. The zero-order valence-electron chi connectivity index (χ0n) is 10.4. The van der Waals surface area contributed by atoms with Crippen LogP contribution < -0.4 is 0 Å². The summed E-state index contributed by atoms with van der Waals surface area (Å²) in [6.45, 7) is 7.82. The number of hydrogen-bond acceptors (Lipinski definition) is 4. The Balaban J connectivity index is 2.65. The Bertz CT molecular complexity index is 239. The number of rotatable bonds is 5. The van der Waals surface area contributed by atoms with Crippen molar-refractivity contribution in [2.24, 2.45) is 0 Å². The smallest absolute Gasteiger partial charge is 0.326 e. The highest BCUT2D eigenvalue weighted by Crippen LogP contribution is 2.18. The molecule has 0 aromatic rings. The van der Waals surface area contributed by atoms with E-state index in [9.17, 15) is 9.90 Å². The van der Waals surface area contributed by atoms with Crippen LogP contribution in [-0.2, 0) is 9.53 Å². The van der Waals surface area contributed by atoms with Gasteiger partial charge in [-0.2, -0.15) is 0 Å². The average molecular weight is 230 g/mol. The molecular weight excluding hydrogens is 208 g/mol. The molecule has 0 spiro atoms. The molecule has 1 rings (SSSR count). The molecule has 1 saturated heterocycles. The fourth-order valence-corrected chi connectivity index (χ4v) is 1.89. The predicted molar refractivity (Wildman–Crippen MR) is 61.6 cm³/mol. The quantitative estimate of drug-likeness (QED) is 0.726. The van der Waals surface area contributed by atoms with Crippen LogP contribution in [0.1, 0.15) is 13.8 Å². The third-order valence-electron chi connectivity index (χ3n) is 3.25. The summed E-state index contributed by atoms with van der Waals surface area (Å²) in [5.41, 5.74) is -0.892. The van der Waals surface area contributed by atoms with Gasteiger partial charge in [-0.05, 0) is 20.9 Å². The van der Waals surface area contributed by atoms with Crippen molar-refractivity contribution in [3.63, 3.8) is 0 Å². The van der Waals surface area contributed by atoms with Crippen LogP contribution >= 0.6 is 0 Å². The summed E-state index contributed by atoms with van der Waals surface area (Å²) in [6.07, 6.45) is 0. The molecule has 0 aromatic carbocycles. The molecule has 5 heteroatoms. The van der Waals surface area contributed by atoms with Crippen LogP contribution in [0.25, 0.3) is 0 Å². The van der Waals surface area contributed by atoms with Crippen LogP contribution in [0.2, 0.25) is 0 Å². The van der Waals surface area contributed by atoms with E-state index in [1.54, 1.807) is 6.92 Å². The van der Waals surface area contributed by atoms with Crippen LogP contribution in [0.15, 0.2) is 0 Å². The fourth-order valence-electron chi connectivity index (χ4n) is 1.89. The number of ether oxygens (including phenoxy) is 1. The van der Waals surface area contributed by atoms with E-state index in [0.29, 0.717) is 6.61 Å². The van der Waals surface area contributed by atoms with E-state index in [2.05, 4.69) is 11.9 Å². The highest BCUT2D eigenvalue weighted by atomic mass is 16.5. The average Bonchev–Trinajstić information content (AvgIpc) is 2.26. The molecule has 1 atom stereocenters. The summed E-state index contributed by atoms with van der Waals surface area (Å²) < 4.78 is 5.30. The second-order valence-corrected chi connectivity index (χ2v) is 4.51. The maximum absolute atomic E-state index is 11.4. The first kappa shape index (κ1) is 13.4. The SMILES string of the molecule is CCOCC(C)(C(=O)O)N1CCN(C)CC1. The summed E-state index contributed by atoms with van der Waals surface area (Å²) >= 11 is 0. The molecule has 1 aliphatic heterocycles. The van der Waals surface area contributed by atoms with Gasteiger partial charge in [0, 0.05) is 32.8 Å². The van der Waals surface area contributed by atoms with Gasteiger partial charge in [-0.1, -0.05) is 0 Å². The first-order valence-corrected chi connectivity index (χ1v) is 5.75. The second-order valence-electron chi connectivity index (χ2n) is 4.51. The lowest BCUT2D eigenvalue weighted by Crippen LogP contribution is -2.61. The maximum Gasteiger partial charge on any atom is 0.326 e. The Labute approximate surface area is 97.0 Å². The van der Waals surface area contributed by atoms with E-state index in [1.807, 2.05) is 11.8 Å². The van der Waals surface area contributed by atoms with E-state index in [-0.39, 0.29) is 6.61 Å². The third-order valence-corrected chi connectivity index (χ3v) is 3.25. The van der Waals surface area contributed by atoms with Crippen molar-refractivity contribution in [2.75, 3.05) is 46.4 Å². The lowest BCUT2D eigenvalue weighted by atomic mass is 10.00. The molecule has 0 aliphatic carbocycles. The standard InChI is InChI=1S/C11H22N2O3/c1-4-16-9-11(2,10(14)15)13-7-5-12(3)6-8-13/h4-9H2,1-3H3,(H,14,15). The molecule has 0 bridgehead atoms. The Kier molecular flexibility index (Phi) is 4.70. The number of carboxylic acids is 1. The normalized spacial score (nSPS) is 22.9. The minimum Gasteiger partial charge on any atom is -0.480 e. The number of hydrogen-bond donors (Lipinski definition) is 1. The molecule has 1 unspecified atom stereocenters. The number of nitrogens with zero attached hydrogens (tertiary/aromatic N) is 2. The molecular formula is C11H22N2O3. The molecule has 5 nitrogen and oxygen atoms in total. The number of carboxylic acid groups (broad SMARTS) is 1. The van der Waals surface area contributed by atoms with Gasteiger partial charge in [-0.15, -0.1) is 0 Å². The zero-order chi connectivity index (χ0) is 12.2. The first-order chi connectivity index (χ1) is 7.50. The summed E-state index contributed by atoms with van der Waals surface area (Å²) in [7, 11) is 2.05. The molecule has 0 saturated carbocycles. The second kappa shape index (κ2) is 5.61. The molecule has 1 heterocycles. The van der Waals surface area contributed by atoms with E-state index in [0.717, 1.165) is 26.2 Å². The first-order valence-electron chi connectivity index (χ1n) is 5.75. The van der Waals surface area contributed by atoms with Crippen molar-refractivity contribution in [3.8, 4) is 0 Å². The summed E-state index contributed by atoms with van der Waals surface area (Å²) in [4.78, 5) is 15.6. The number of carbonyl (C=O) groups is 1. The van der Waals surface area contributed by atoms with E-state index >= 15 is 0 Å². The predicted octanol–water partition coefficient (Wildman–Crippen LogP) is 0.114. The highest BCUT2D eigenvalue weighted by molar-refractivity contribution is 5.78. The Morgan fingerprint density at radius 3 is 2.38 bits per heavy atom. The van der Waals surface area contributed by atoms with E-state index < -0.39 is 11.5 Å². The fraction of sp³-hybridized carbons (Fsp3) is 0.909. The minimum absolute atomic E-state index is 0.253. The zero-order valence-corrected chi connectivity index (χ0v) is 10.4. The molecule has 0 aromatic heterocycles. The summed E-state index contributed by atoms with van der Waals surface area (Å²) in [5.74, 6) is -0.800. The van der Waals surface area contributed by atoms with Gasteiger partial charge in [-0.25, -0.2) is 0 Å². The van der Waals surface area contributed by atoms with Gasteiger partial charge in [0.05, 0.1) is 6.61 Å². The van der Waals surface area contributed by atoms with Crippen LogP contribution in [0.4, 0.5) is 0 Å². The number of likely N-dealkylation sites (N-methyl/N-ethyl adjacent to an activating group) is 1. The minimum atomic E-state index is -0.892. The van der Waals surface area contributed by atoms with Crippen molar-refractivity contribution < 1.29 is 14.6 Å². The van der Waals surface area contributed by atoms with Crippen molar-refractivity contribution in [2.45, 2.75) is 19.4 Å². The highest BCUT2D eigenvalue weighted by Gasteiger charge is 2.40. The molecule has 1 fully saturated rings. The van der Waals surface area contributed by atoms with Crippen molar-refractivity contribution in [1.82, 2.24) is 9.80 Å². The number of piperazine rings is 1. The van der Waals surface area contributed by atoms with Crippen LogP contribution in [0.3, 0.4) is 0 Å². The van der Waals surface area contributed by atoms with Crippen LogP contribution in [0.5, 0.6) is 0 Å². The Morgan fingerprint density at radius 1 is 1.38 bits per heavy atom. The molecule has 0 radical (unpaired) electrons. The van der Waals surface area contributed by atoms with Gasteiger partial charge in [0.15, 0.2) is 0 Å². The van der Waals surface area contributed by atoms with E-state index in [1.165, 1.54) is 0 Å². The summed E-state index contributed by atoms with van der Waals surface area (Å²) in [6, 6.07) is 0. The van der Waals surface area contributed by atoms with Gasteiger partial charge < -0.3 is 14.7 Å². The molecule has 1 aliphatic rings. The molecule has 94 valence electrons. The topological polar surface area (TPSA) is 53.0 Å². The largest absolute Gasteiger partial charge is 0.480 e. The van der Waals surface area contributed by atoms with Crippen molar-refractivity contribution in [1.29, 1.82) is 0 Å². The maximum atomic E-state index is 11.4. The van der Waals surface area contributed by atoms with Crippen molar-refractivity contribution in [3.05, 3.63) is 0 Å². The van der Waals surface area contributed by atoms with Crippen molar-refractivity contribution >= 4 is 5.97 Å². The lowest BCUT2D eigenvalue weighted by Gasteiger charge is -2.42. The Hall–Kier alpha value is -0.650. The van der Waals surface area contributed by atoms with Crippen LogP contribution in [0, 0.1) is 0 Å². The van der Waals surface area contributed by atoms with Gasteiger partial charge in [0.25, 0.3) is 0 Å². The van der Waals surface area contributed by atoms with Gasteiger partial charge in [-0.3, -0.25) is 9.69 Å². The Morgan fingerprint density at radius 2 is 1.94 bits per heavy atom. The van der Waals surface area contributed by atoms with Gasteiger partial charge >= 0.3 is 5.97 Å². The third kappa shape index (κ3) is 2.93. The molecule has 1 N–H and O–H groups in total. The van der Waals surface area contributed by atoms with Gasteiger partial charge in [0.2, 0.25) is 0 Å². The lowest BCUT2D eigenvalue weighted by molar-refractivity contribution is -0.156. The number of aliphatic carboxylic acids is 1. The van der Waals surface area contributed by atoms with Crippen LogP contribution in [-0.4, -0.2) is 72.9 Å². The monoisotopic (exact) mass is 230 g/mol.